The lowest BCUT2D eigenvalue weighted by Gasteiger charge is -2.05. The third kappa shape index (κ3) is 3.98. The molecule has 0 amide bonds. The molecule has 106 valence electrons. The topological polar surface area (TPSA) is 69.2 Å². The monoisotopic (exact) mass is 266 g/mol. The maximum Gasteiger partial charge on any atom is 0.249 e. The fourth-order valence-corrected chi connectivity index (χ4v) is 3.22. The van der Waals surface area contributed by atoms with Crippen molar-refractivity contribution in [2.75, 3.05) is 0 Å². The van der Waals surface area contributed by atoms with E-state index in [0.29, 0.717) is 0 Å². The zero-order valence-electron chi connectivity index (χ0n) is 11.2. The Morgan fingerprint density at radius 2 is 1.68 bits per heavy atom. The molecule has 19 heavy (non-hydrogen) atoms. The SMILES string of the molecule is O=C([O-])O.c1c[n+](C2CCCC2)cn1C1CCCC1. The second-order valence-electron chi connectivity index (χ2n) is 5.45. The third-order valence-electron chi connectivity index (χ3n) is 4.17. The summed E-state index contributed by atoms with van der Waals surface area (Å²) in [5, 5.41) is 15.3. The lowest BCUT2D eigenvalue weighted by Crippen LogP contribution is -2.35. The largest absolute Gasteiger partial charge is 0.565 e. The number of hydrogen-bond acceptors (Lipinski definition) is 2. The molecule has 1 N–H and O–H groups in total. The van der Waals surface area contributed by atoms with Crippen LogP contribution in [0.4, 0.5) is 4.79 Å². The van der Waals surface area contributed by atoms with Gasteiger partial charge in [-0.2, -0.15) is 0 Å². The molecule has 0 atom stereocenters. The highest BCUT2D eigenvalue weighted by atomic mass is 16.6. The van der Waals surface area contributed by atoms with E-state index >= 15 is 0 Å². The Balaban J connectivity index is 0.000000297. The van der Waals surface area contributed by atoms with Crippen molar-refractivity contribution in [2.45, 2.75) is 63.5 Å². The zero-order chi connectivity index (χ0) is 13.7. The van der Waals surface area contributed by atoms with Crippen LogP contribution in [0.25, 0.3) is 0 Å². The van der Waals surface area contributed by atoms with Crippen LogP contribution >= 0.6 is 0 Å². The van der Waals surface area contributed by atoms with Crippen molar-refractivity contribution < 1.29 is 19.6 Å². The van der Waals surface area contributed by atoms with Crippen molar-refractivity contribution in [3.8, 4) is 0 Å². The van der Waals surface area contributed by atoms with Crippen molar-refractivity contribution in [3.63, 3.8) is 0 Å². The van der Waals surface area contributed by atoms with E-state index in [1.165, 1.54) is 51.4 Å². The van der Waals surface area contributed by atoms with Gasteiger partial charge in [-0.15, -0.1) is 0 Å². The van der Waals surface area contributed by atoms with Gasteiger partial charge in [-0.05, 0) is 51.4 Å². The molecule has 1 aromatic heterocycles. The lowest BCUT2D eigenvalue weighted by atomic mass is 10.2. The molecule has 2 aliphatic rings. The van der Waals surface area contributed by atoms with Crippen LogP contribution in [0.2, 0.25) is 0 Å². The summed E-state index contributed by atoms with van der Waals surface area (Å²) in [6.45, 7) is 0. The predicted molar refractivity (Wildman–Crippen MR) is 67.7 cm³/mol. The summed E-state index contributed by atoms with van der Waals surface area (Å²) in [5.74, 6) is 0. The molecular weight excluding hydrogens is 244 g/mol. The number of aromatic nitrogens is 2. The Hall–Kier alpha value is -1.52. The highest BCUT2D eigenvalue weighted by Gasteiger charge is 2.25. The molecule has 0 saturated heterocycles. The molecule has 3 rings (SSSR count). The normalized spacial score (nSPS) is 20.2. The van der Waals surface area contributed by atoms with Gasteiger partial charge in [0.05, 0.1) is 0 Å². The summed E-state index contributed by atoms with van der Waals surface area (Å²) >= 11 is 0. The number of carboxylic acid groups (broad SMARTS) is 2. The first-order valence-electron chi connectivity index (χ1n) is 7.15. The molecule has 5 nitrogen and oxygen atoms in total. The van der Waals surface area contributed by atoms with E-state index in [9.17, 15) is 0 Å². The van der Waals surface area contributed by atoms with Crippen molar-refractivity contribution >= 4 is 6.16 Å². The van der Waals surface area contributed by atoms with E-state index in [1.54, 1.807) is 0 Å². The first kappa shape index (κ1) is 13.9. The Kier molecular flexibility index (Phi) is 4.82. The van der Waals surface area contributed by atoms with E-state index in [4.69, 9.17) is 15.0 Å². The van der Waals surface area contributed by atoms with Crippen molar-refractivity contribution in [3.05, 3.63) is 18.7 Å². The molecule has 5 heteroatoms. The summed E-state index contributed by atoms with van der Waals surface area (Å²) in [6, 6.07) is 1.60. The van der Waals surface area contributed by atoms with Gasteiger partial charge in [-0.3, -0.25) is 0 Å². The van der Waals surface area contributed by atoms with Gasteiger partial charge in [-0.1, -0.05) is 0 Å². The molecule has 1 aromatic rings. The van der Waals surface area contributed by atoms with Gasteiger partial charge in [0.25, 0.3) is 0 Å². The van der Waals surface area contributed by atoms with Crippen LogP contribution in [0, 0.1) is 0 Å². The molecule has 1 heterocycles. The van der Waals surface area contributed by atoms with Gasteiger partial charge in [0.1, 0.15) is 24.5 Å². The third-order valence-corrected chi connectivity index (χ3v) is 4.17. The predicted octanol–water partition coefficient (Wildman–Crippen LogP) is 1.89. The van der Waals surface area contributed by atoms with Crippen molar-refractivity contribution in [2.24, 2.45) is 0 Å². The van der Waals surface area contributed by atoms with Crippen LogP contribution in [-0.2, 0) is 0 Å². The Morgan fingerprint density at radius 3 is 2.26 bits per heavy atom. The molecule has 2 saturated carbocycles. The average Bonchev–Trinajstić information content (AvgIpc) is 3.11. The van der Waals surface area contributed by atoms with Gasteiger partial charge in [-0.25, -0.2) is 9.13 Å². The molecule has 0 aromatic carbocycles. The highest BCUT2D eigenvalue weighted by molar-refractivity contribution is 5.50. The molecule has 0 spiro atoms. The minimum Gasteiger partial charge on any atom is -0.565 e. The van der Waals surface area contributed by atoms with Gasteiger partial charge < -0.3 is 15.0 Å². The summed E-state index contributed by atoms with van der Waals surface area (Å²) < 4.78 is 4.90. The van der Waals surface area contributed by atoms with Gasteiger partial charge in [0, 0.05) is 0 Å². The number of imidazole rings is 1. The van der Waals surface area contributed by atoms with Gasteiger partial charge >= 0.3 is 0 Å². The number of nitrogens with zero attached hydrogens (tertiary/aromatic N) is 2. The molecule has 0 aliphatic heterocycles. The Bertz CT molecular complexity index is 370. The van der Waals surface area contributed by atoms with Gasteiger partial charge in [0.15, 0.2) is 0 Å². The lowest BCUT2D eigenvalue weighted by molar-refractivity contribution is -0.721. The van der Waals surface area contributed by atoms with E-state index in [2.05, 4.69) is 27.9 Å². The fraction of sp³-hybridized carbons (Fsp3) is 0.714. The number of rotatable bonds is 2. The quantitative estimate of drug-likeness (QED) is 0.831. The van der Waals surface area contributed by atoms with E-state index in [0.717, 1.165) is 12.1 Å². The number of carbonyl (C=O) groups is 1. The van der Waals surface area contributed by atoms with Crippen molar-refractivity contribution in [1.29, 1.82) is 0 Å². The standard InChI is InChI=1S/C13H21N2.CH2O3/c1-2-6-12(5-1)14-9-10-15(11-14)13-7-3-4-8-13;2-1(3)4/h9-13H,1-8H2;(H2,2,3,4)/q+1;/p-1. The minimum atomic E-state index is -2.08. The van der Waals surface area contributed by atoms with E-state index in [-0.39, 0.29) is 0 Å². The minimum absolute atomic E-state index is 0.799. The molecule has 0 bridgehead atoms. The van der Waals surface area contributed by atoms with E-state index < -0.39 is 6.16 Å². The van der Waals surface area contributed by atoms with Crippen LogP contribution in [-0.4, -0.2) is 15.8 Å². The summed E-state index contributed by atoms with van der Waals surface area (Å²) in [7, 11) is 0. The summed E-state index contributed by atoms with van der Waals surface area (Å²) in [6.07, 6.45) is 16.1. The van der Waals surface area contributed by atoms with Crippen LogP contribution < -0.4 is 9.67 Å². The van der Waals surface area contributed by atoms with Crippen LogP contribution in [0.5, 0.6) is 0 Å². The highest BCUT2D eigenvalue weighted by Crippen LogP contribution is 2.29. The molecule has 2 aliphatic carbocycles. The number of hydrogen-bond donors (Lipinski definition) is 1. The first-order valence-corrected chi connectivity index (χ1v) is 7.15. The smallest absolute Gasteiger partial charge is 0.249 e. The maximum atomic E-state index is 8.44. The first-order chi connectivity index (χ1) is 9.16. The Morgan fingerprint density at radius 1 is 1.16 bits per heavy atom. The van der Waals surface area contributed by atoms with Crippen LogP contribution in [0.15, 0.2) is 18.7 Å². The maximum absolute atomic E-state index is 8.44. The van der Waals surface area contributed by atoms with E-state index in [1.807, 2.05) is 0 Å². The molecule has 0 unspecified atom stereocenters. The molecule has 0 radical (unpaired) electrons. The summed E-state index contributed by atoms with van der Waals surface area (Å²) in [5.41, 5.74) is 0. The molecular formula is C14H22N2O3. The second-order valence-corrected chi connectivity index (χ2v) is 5.45. The van der Waals surface area contributed by atoms with Gasteiger partial charge in [0.2, 0.25) is 12.5 Å². The van der Waals surface area contributed by atoms with Crippen LogP contribution in [0.3, 0.4) is 0 Å². The zero-order valence-corrected chi connectivity index (χ0v) is 11.2. The second kappa shape index (κ2) is 6.59. The summed E-state index contributed by atoms with van der Waals surface area (Å²) in [4.78, 5) is 8.44. The molecule has 2 fully saturated rings. The average molecular weight is 266 g/mol. The van der Waals surface area contributed by atoms with Crippen molar-refractivity contribution in [1.82, 2.24) is 4.57 Å². The van der Waals surface area contributed by atoms with Crippen LogP contribution in [0.1, 0.15) is 63.5 Å². The fourth-order valence-electron chi connectivity index (χ4n) is 3.22. The Labute approximate surface area is 113 Å².